The number of rotatable bonds is 8. The summed E-state index contributed by atoms with van der Waals surface area (Å²) in [6.45, 7) is 5.39. The Morgan fingerprint density at radius 2 is 1.93 bits per heavy atom. The number of carbonyl (C=O) groups excluding carboxylic acids is 1. The molecule has 1 aromatic carbocycles. The third kappa shape index (κ3) is 6.39. The minimum absolute atomic E-state index is 0.0105. The van der Waals surface area contributed by atoms with E-state index in [2.05, 4.69) is 28.4 Å². The highest BCUT2D eigenvalue weighted by atomic mass is 32.2. The van der Waals surface area contributed by atoms with E-state index < -0.39 is 0 Å². The van der Waals surface area contributed by atoms with Gasteiger partial charge in [0.1, 0.15) is 11.9 Å². The zero-order valence-electron chi connectivity index (χ0n) is 17.4. The largest absolute Gasteiger partial charge is 0.490 e. The Kier molecular flexibility index (Phi) is 8.49. The summed E-state index contributed by atoms with van der Waals surface area (Å²) >= 11 is 1.80. The van der Waals surface area contributed by atoms with Crippen molar-refractivity contribution in [1.29, 1.82) is 0 Å². The van der Waals surface area contributed by atoms with Crippen LogP contribution in [0.1, 0.15) is 42.5 Å². The topological polar surface area (TPSA) is 44.8 Å². The minimum Gasteiger partial charge on any atom is -0.490 e. The monoisotopic (exact) mass is 405 g/mol. The maximum atomic E-state index is 12.3. The first-order chi connectivity index (χ1) is 13.7. The van der Waals surface area contributed by atoms with Crippen LogP contribution in [0.4, 0.5) is 0 Å². The second-order valence-electron chi connectivity index (χ2n) is 8.02. The Morgan fingerprint density at radius 1 is 1.18 bits per heavy atom. The maximum absolute atomic E-state index is 12.3. The molecule has 0 aliphatic carbocycles. The summed E-state index contributed by atoms with van der Waals surface area (Å²) in [5, 5.41) is 2.99. The number of carbonyl (C=O) groups is 1. The molecule has 5 nitrogen and oxygen atoms in total. The van der Waals surface area contributed by atoms with E-state index in [0.29, 0.717) is 5.56 Å². The second kappa shape index (κ2) is 11.1. The van der Waals surface area contributed by atoms with Crippen molar-refractivity contribution in [3.63, 3.8) is 0 Å². The number of nitrogens with one attached hydrogen (secondary N) is 1. The van der Waals surface area contributed by atoms with Gasteiger partial charge >= 0.3 is 0 Å². The molecule has 28 heavy (non-hydrogen) atoms. The fraction of sp³-hybridized carbons (Fsp3) is 0.682. The molecule has 0 aromatic heterocycles. The Morgan fingerprint density at radius 3 is 2.64 bits per heavy atom. The van der Waals surface area contributed by atoms with Crippen LogP contribution in [0.2, 0.25) is 0 Å². The number of ether oxygens (including phenoxy) is 1. The quantitative estimate of drug-likeness (QED) is 0.674. The van der Waals surface area contributed by atoms with Crippen molar-refractivity contribution in [2.45, 2.75) is 44.2 Å². The van der Waals surface area contributed by atoms with Crippen LogP contribution in [0.15, 0.2) is 24.3 Å². The fourth-order valence-electron chi connectivity index (χ4n) is 4.14. The molecule has 6 heteroatoms. The van der Waals surface area contributed by atoms with Gasteiger partial charge in [-0.2, -0.15) is 11.8 Å². The van der Waals surface area contributed by atoms with Crippen molar-refractivity contribution < 1.29 is 9.53 Å². The molecule has 1 aromatic rings. The van der Waals surface area contributed by atoms with Gasteiger partial charge < -0.3 is 19.9 Å². The number of nitrogens with zero attached hydrogens (tertiary/aromatic N) is 2. The van der Waals surface area contributed by atoms with Crippen molar-refractivity contribution in [2.75, 3.05) is 51.8 Å². The molecular formula is C22H35N3O2S. The van der Waals surface area contributed by atoms with Crippen molar-refractivity contribution in [1.82, 2.24) is 15.1 Å². The van der Waals surface area contributed by atoms with Gasteiger partial charge in [-0.15, -0.1) is 0 Å². The predicted molar refractivity (Wildman–Crippen MR) is 118 cm³/mol. The number of likely N-dealkylation sites (tertiary alicyclic amines) is 2. The predicted octanol–water partition coefficient (Wildman–Crippen LogP) is 3.11. The highest BCUT2D eigenvalue weighted by Crippen LogP contribution is 2.24. The second-order valence-corrected chi connectivity index (χ2v) is 9.00. The normalized spacial score (nSPS) is 20.2. The summed E-state index contributed by atoms with van der Waals surface area (Å²) in [6, 6.07) is 8.37. The minimum atomic E-state index is -0.0105. The van der Waals surface area contributed by atoms with Gasteiger partial charge in [-0.1, -0.05) is 6.07 Å². The molecule has 0 bridgehead atoms. The van der Waals surface area contributed by atoms with Crippen LogP contribution in [0.25, 0.3) is 0 Å². The lowest BCUT2D eigenvalue weighted by atomic mass is 9.99. The third-order valence-corrected chi connectivity index (χ3v) is 6.59. The highest BCUT2D eigenvalue weighted by Gasteiger charge is 2.28. The molecule has 156 valence electrons. The van der Waals surface area contributed by atoms with Crippen molar-refractivity contribution in [2.24, 2.45) is 0 Å². The molecular weight excluding hydrogens is 370 g/mol. The van der Waals surface area contributed by atoms with Gasteiger partial charge in [0.15, 0.2) is 0 Å². The molecule has 0 spiro atoms. The van der Waals surface area contributed by atoms with E-state index in [4.69, 9.17) is 4.74 Å². The average Bonchev–Trinajstić information content (AvgIpc) is 2.72. The lowest BCUT2D eigenvalue weighted by molar-refractivity contribution is 0.0525. The van der Waals surface area contributed by atoms with E-state index in [1.165, 1.54) is 25.9 Å². The lowest BCUT2D eigenvalue weighted by Crippen LogP contribution is -2.48. The number of hydrogen-bond donors (Lipinski definition) is 1. The number of thioether (sulfide) groups is 1. The summed E-state index contributed by atoms with van der Waals surface area (Å²) in [5.41, 5.74) is 0.686. The number of hydrogen-bond acceptors (Lipinski definition) is 5. The molecule has 3 rings (SSSR count). The van der Waals surface area contributed by atoms with Crippen LogP contribution in [0.5, 0.6) is 5.75 Å². The van der Waals surface area contributed by atoms with Crippen LogP contribution in [-0.4, -0.2) is 79.6 Å². The van der Waals surface area contributed by atoms with Crippen molar-refractivity contribution >= 4 is 17.7 Å². The molecule has 0 atom stereocenters. The molecule has 0 radical (unpaired) electrons. The Labute approximate surface area is 174 Å². The summed E-state index contributed by atoms with van der Waals surface area (Å²) in [4.78, 5) is 17.4. The van der Waals surface area contributed by atoms with Gasteiger partial charge in [-0.05, 0) is 82.4 Å². The third-order valence-electron chi connectivity index (χ3n) is 5.89. The summed E-state index contributed by atoms with van der Waals surface area (Å²) in [5.74, 6) is 1.87. The van der Waals surface area contributed by atoms with Gasteiger partial charge in [0.2, 0.25) is 0 Å². The first-order valence-corrected chi connectivity index (χ1v) is 12.0. The number of piperidine rings is 2. The fourth-order valence-corrected chi connectivity index (χ4v) is 4.58. The SMILES string of the molecule is CSCCCNC(=O)c1cccc(OC2CCN(C3CCN(C)CC3)CC2)c1. The first-order valence-electron chi connectivity index (χ1n) is 10.6. The van der Waals surface area contributed by atoms with Crippen LogP contribution in [-0.2, 0) is 0 Å². The summed E-state index contributed by atoms with van der Waals surface area (Å²) < 4.78 is 6.22. The number of amides is 1. The smallest absolute Gasteiger partial charge is 0.251 e. The zero-order valence-corrected chi connectivity index (χ0v) is 18.2. The average molecular weight is 406 g/mol. The van der Waals surface area contributed by atoms with E-state index in [-0.39, 0.29) is 12.0 Å². The molecule has 0 saturated carbocycles. The molecule has 2 aliphatic rings. The molecule has 2 saturated heterocycles. The van der Waals surface area contributed by atoms with Gasteiger partial charge in [-0.3, -0.25) is 4.79 Å². The summed E-state index contributed by atoms with van der Waals surface area (Å²) in [7, 11) is 2.22. The van der Waals surface area contributed by atoms with Gasteiger partial charge in [-0.25, -0.2) is 0 Å². The van der Waals surface area contributed by atoms with E-state index >= 15 is 0 Å². The molecule has 2 heterocycles. The Hall–Kier alpha value is -1.24. The summed E-state index contributed by atoms with van der Waals surface area (Å²) in [6.07, 6.45) is 8.04. The highest BCUT2D eigenvalue weighted by molar-refractivity contribution is 7.98. The zero-order chi connectivity index (χ0) is 19.8. The van der Waals surface area contributed by atoms with Gasteiger partial charge in [0.05, 0.1) is 0 Å². The van der Waals surface area contributed by atoms with Crippen LogP contribution in [0, 0.1) is 0 Å². The number of benzene rings is 1. The lowest BCUT2D eigenvalue weighted by Gasteiger charge is -2.41. The van der Waals surface area contributed by atoms with Crippen molar-refractivity contribution in [3.8, 4) is 5.75 Å². The van der Waals surface area contributed by atoms with E-state index in [0.717, 1.165) is 56.4 Å². The van der Waals surface area contributed by atoms with Gasteiger partial charge in [0.25, 0.3) is 5.91 Å². The van der Waals surface area contributed by atoms with E-state index in [9.17, 15) is 4.79 Å². The molecule has 1 amide bonds. The van der Waals surface area contributed by atoms with Crippen LogP contribution in [0.3, 0.4) is 0 Å². The first kappa shape index (κ1) is 21.5. The van der Waals surface area contributed by atoms with Crippen molar-refractivity contribution in [3.05, 3.63) is 29.8 Å². The molecule has 2 aliphatic heterocycles. The maximum Gasteiger partial charge on any atom is 0.251 e. The standard InChI is InChI=1S/C22H35N3O2S/c1-24-12-7-19(8-13-24)25-14-9-20(10-15-25)27-21-6-3-5-18(17-21)22(26)23-11-4-16-28-2/h3,5-6,17,19-20H,4,7-16H2,1-2H3,(H,23,26). The Balaban J connectivity index is 1.44. The van der Waals surface area contributed by atoms with Crippen LogP contribution < -0.4 is 10.1 Å². The Bertz CT molecular complexity index is 612. The van der Waals surface area contributed by atoms with Crippen LogP contribution >= 0.6 is 11.8 Å². The molecule has 0 unspecified atom stereocenters. The van der Waals surface area contributed by atoms with E-state index in [1.807, 2.05) is 24.3 Å². The van der Waals surface area contributed by atoms with E-state index in [1.54, 1.807) is 11.8 Å². The molecule has 2 fully saturated rings. The van der Waals surface area contributed by atoms with Gasteiger partial charge in [0, 0.05) is 31.2 Å². The molecule has 1 N–H and O–H groups in total.